The summed E-state index contributed by atoms with van der Waals surface area (Å²) in [7, 11) is -2.80. The molecule has 0 heterocycles. The molecule has 14 heavy (non-hydrogen) atoms. The summed E-state index contributed by atoms with van der Waals surface area (Å²) in [5, 5.41) is 0.562. The van der Waals surface area contributed by atoms with Crippen LogP contribution in [0.1, 0.15) is 19.8 Å². The minimum atomic E-state index is -2.80. The Morgan fingerprint density at radius 2 is 2.07 bits per heavy atom. The van der Waals surface area contributed by atoms with E-state index in [9.17, 15) is 8.42 Å². The molecule has 3 unspecified atom stereocenters. The summed E-state index contributed by atoms with van der Waals surface area (Å²) in [5.41, 5.74) is 5.89. The third kappa shape index (κ3) is 3.79. The van der Waals surface area contributed by atoms with Crippen molar-refractivity contribution >= 4 is 21.6 Å². The Kier molecular flexibility index (Phi) is 4.28. The Bertz CT molecular complexity index is 277. The van der Waals surface area contributed by atoms with Crippen molar-refractivity contribution in [3.05, 3.63) is 0 Å². The van der Waals surface area contributed by atoms with Crippen LogP contribution in [0.4, 0.5) is 0 Å². The van der Waals surface area contributed by atoms with E-state index in [0.29, 0.717) is 23.0 Å². The van der Waals surface area contributed by atoms with Crippen LogP contribution in [0.15, 0.2) is 0 Å². The van der Waals surface area contributed by atoms with Crippen LogP contribution in [-0.4, -0.2) is 37.5 Å². The number of nitrogens with two attached hydrogens (primary N) is 1. The third-order valence-corrected chi connectivity index (χ3v) is 5.57. The summed E-state index contributed by atoms with van der Waals surface area (Å²) in [6.45, 7) is 2.16. The van der Waals surface area contributed by atoms with Gasteiger partial charge < -0.3 is 5.73 Å². The quantitative estimate of drug-likeness (QED) is 0.789. The third-order valence-electron chi connectivity index (χ3n) is 2.83. The lowest BCUT2D eigenvalue weighted by molar-refractivity contribution is 0.535. The lowest BCUT2D eigenvalue weighted by Crippen LogP contribution is -2.26. The smallest absolute Gasteiger partial charge is 0.148 e. The van der Waals surface area contributed by atoms with Gasteiger partial charge in [0, 0.05) is 23.3 Å². The van der Waals surface area contributed by atoms with E-state index in [-0.39, 0.29) is 5.75 Å². The number of hydrogen-bond donors (Lipinski definition) is 1. The van der Waals surface area contributed by atoms with E-state index in [1.807, 2.05) is 0 Å². The number of thioether (sulfide) groups is 1. The summed E-state index contributed by atoms with van der Waals surface area (Å²) in [6.07, 6.45) is 3.51. The highest BCUT2D eigenvalue weighted by Gasteiger charge is 2.30. The summed E-state index contributed by atoms with van der Waals surface area (Å²) in [4.78, 5) is 0. The van der Waals surface area contributed by atoms with E-state index >= 15 is 0 Å². The fourth-order valence-corrected chi connectivity index (χ4v) is 4.45. The van der Waals surface area contributed by atoms with Crippen LogP contribution in [0, 0.1) is 5.92 Å². The maximum Gasteiger partial charge on any atom is 0.148 e. The van der Waals surface area contributed by atoms with Gasteiger partial charge in [-0.25, -0.2) is 8.42 Å². The molecule has 1 aliphatic carbocycles. The maximum atomic E-state index is 10.9. The lowest BCUT2D eigenvalue weighted by Gasteiger charge is -2.17. The molecular weight excluding hydrogens is 218 g/mol. The molecule has 0 radical (unpaired) electrons. The topological polar surface area (TPSA) is 60.2 Å². The molecule has 2 N–H and O–H groups in total. The van der Waals surface area contributed by atoms with E-state index in [1.165, 1.54) is 6.26 Å². The van der Waals surface area contributed by atoms with Crippen molar-refractivity contribution in [2.75, 3.05) is 17.8 Å². The van der Waals surface area contributed by atoms with Gasteiger partial charge in [0.05, 0.1) is 5.75 Å². The fourth-order valence-electron chi connectivity index (χ4n) is 1.74. The molecule has 0 spiro atoms. The second-order valence-corrected chi connectivity index (χ2v) is 7.75. The van der Waals surface area contributed by atoms with Gasteiger partial charge in [-0.2, -0.15) is 11.8 Å². The highest BCUT2D eigenvalue weighted by atomic mass is 32.2. The van der Waals surface area contributed by atoms with E-state index in [4.69, 9.17) is 5.73 Å². The number of hydrogen-bond acceptors (Lipinski definition) is 4. The summed E-state index contributed by atoms with van der Waals surface area (Å²) in [5.74, 6) is 1.52. The second-order valence-electron chi connectivity index (χ2n) is 4.14. The zero-order chi connectivity index (χ0) is 10.8. The Morgan fingerprint density at radius 3 is 2.50 bits per heavy atom. The SMILES string of the molecule is CC1C(N)CCC1SCCS(C)(=O)=O. The number of rotatable bonds is 4. The van der Waals surface area contributed by atoms with Gasteiger partial charge >= 0.3 is 0 Å². The zero-order valence-corrected chi connectivity index (χ0v) is 10.4. The van der Waals surface area contributed by atoms with Crippen LogP contribution in [0.2, 0.25) is 0 Å². The highest BCUT2D eigenvalue weighted by molar-refractivity contribution is 8.01. The van der Waals surface area contributed by atoms with Gasteiger partial charge in [0.15, 0.2) is 0 Å². The molecule has 1 saturated carbocycles. The van der Waals surface area contributed by atoms with E-state index in [0.717, 1.165) is 12.8 Å². The molecule has 5 heteroatoms. The van der Waals surface area contributed by atoms with E-state index < -0.39 is 9.84 Å². The minimum Gasteiger partial charge on any atom is -0.327 e. The highest BCUT2D eigenvalue weighted by Crippen LogP contribution is 2.33. The van der Waals surface area contributed by atoms with Gasteiger partial charge in [-0.3, -0.25) is 0 Å². The average molecular weight is 237 g/mol. The molecule has 0 bridgehead atoms. The van der Waals surface area contributed by atoms with Crippen LogP contribution in [0.3, 0.4) is 0 Å². The normalized spacial score (nSPS) is 33.5. The molecule has 0 saturated heterocycles. The van der Waals surface area contributed by atoms with Gasteiger partial charge in [0.2, 0.25) is 0 Å². The van der Waals surface area contributed by atoms with Gasteiger partial charge in [0.25, 0.3) is 0 Å². The molecule has 0 aromatic heterocycles. The summed E-state index contributed by atoms with van der Waals surface area (Å²) in [6, 6.07) is 0.311. The molecule has 0 amide bonds. The molecular formula is C9H19NO2S2. The van der Waals surface area contributed by atoms with Gasteiger partial charge in [0.1, 0.15) is 9.84 Å². The first-order valence-electron chi connectivity index (χ1n) is 4.95. The van der Waals surface area contributed by atoms with Gasteiger partial charge in [-0.15, -0.1) is 0 Å². The van der Waals surface area contributed by atoms with E-state index in [2.05, 4.69) is 6.92 Å². The van der Waals surface area contributed by atoms with Crippen LogP contribution in [0.25, 0.3) is 0 Å². The molecule has 1 fully saturated rings. The Labute approximate surface area is 90.7 Å². The molecule has 0 aliphatic heterocycles. The second kappa shape index (κ2) is 4.86. The first-order valence-corrected chi connectivity index (χ1v) is 8.06. The first kappa shape index (κ1) is 12.3. The predicted molar refractivity (Wildman–Crippen MR) is 62.3 cm³/mol. The molecule has 3 atom stereocenters. The first-order chi connectivity index (χ1) is 6.40. The van der Waals surface area contributed by atoms with Crippen molar-refractivity contribution in [2.45, 2.75) is 31.1 Å². The standard InChI is InChI=1S/C9H19NO2S2/c1-7-8(10)3-4-9(7)13-5-6-14(2,11)12/h7-9H,3-6,10H2,1-2H3. The van der Waals surface area contributed by atoms with Gasteiger partial charge in [-0.1, -0.05) is 6.92 Å². The predicted octanol–water partition coefficient (Wildman–Crippen LogP) is 0.890. The Balaban J connectivity index is 2.26. The van der Waals surface area contributed by atoms with Crippen LogP contribution in [0.5, 0.6) is 0 Å². The zero-order valence-electron chi connectivity index (χ0n) is 8.77. The molecule has 0 aromatic carbocycles. The van der Waals surface area contributed by atoms with Crippen molar-refractivity contribution in [1.82, 2.24) is 0 Å². The Hall–Kier alpha value is 0.260. The summed E-state index contributed by atoms with van der Waals surface area (Å²) < 4.78 is 21.8. The van der Waals surface area contributed by atoms with Crippen molar-refractivity contribution in [2.24, 2.45) is 11.7 Å². The minimum absolute atomic E-state index is 0.288. The van der Waals surface area contributed by atoms with Crippen molar-refractivity contribution in [1.29, 1.82) is 0 Å². The molecule has 1 rings (SSSR count). The largest absolute Gasteiger partial charge is 0.327 e. The molecule has 3 nitrogen and oxygen atoms in total. The Morgan fingerprint density at radius 1 is 1.43 bits per heavy atom. The summed E-state index contributed by atoms with van der Waals surface area (Å²) >= 11 is 1.76. The fraction of sp³-hybridized carbons (Fsp3) is 1.00. The van der Waals surface area contributed by atoms with Crippen LogP contribution in [-0.2, 0) is 9.84 Å². The lowest BCUT2D eigenvalue weighted by atomic mass is 10.1. The average Bonchev–Trinajstić information content (AvgIpc) is 2.33. The molecule has 0 aromatic rings. The van der Waals surface area contributed by atoms with Crippen molar-refractivity contribution < 1.29 is 8.42 Å². The maximum absolute atomic E-state index is 10.9. The van der Waals surface area contributed by atoms with E-state index in [1.54, 1.807) is 11.8 Å². The van der Waals surface area contributed by atoms with Crippen molar-refractivity contribution in [3.8, 4) is 0 Å². The monoisotopic (exact) mass is 237 g/mol. The van der Waals surface area contributed by atoms with Crippen LogP contribution < -0.4 is 5.73 Å². The number of sulfone groups is 1. The van der Waals surface area contributed by atoms with Gasteiger partial charge in [-0.05, 0) is 18.8 Å². The molecule has 84 valence electrons. The van der Waals surface area contributed by atoms with Crippen LogP contribution >= 0.6 is 11.8 Å². The molecule has 1 aliphatic rings. The van der Waals surface area contributed by atoms with Crippen molar-refractivity contribution in [3.63, 3.8) is 0 Å².